The molecule has 1 atom stereocenters. The highest BCUT2D eigenvalue weighted by Crippen LogP contribution is 2.34. The van der Waals surface area contributed by atoms with Gasteiger partial charge in [-0.1, -0.05) is 12.1 Å². The fourth-order valence-corrected chi connectivity index (χ4v) is 1.62. The molecule has 0 bridgehead atoms. The summed E-state index contributed by atoms with van der Waals surface area (Å²) in [6, 6.07) is 9.82. The van der Waals surface area contributed by atoms with Crippen LogP contribution in [-0.2, 0) is 4.74 Å². The number of aromatic nitrogens is 2. The van der Waals surface area contributed by atoms with Crippen molar-refractivity contribution in [2.24, 2.45) is 0 Å². The molecule has 1 aliphatic heterocycles. The monoisotopic (exact) mass is 198 g/mol. The summed E-state index contributed by atoms with van der Waals surface area (Å²) in [5, 5.41) is 0. The van der Waals surface area contributed by atoms with Gasteiger partial charge in [-0.15, -0.1) is 0 Å². The lowest BCUT2D eigenvalue weighted by Crippen LogP contribution is -1.92. The zero-order valence-corrected chi connectivity index (χ0v) is 8.13. The quantitative estimate of drug-likeness (QED) is 0.694. The van der Waals surface area contributed by atoms with Crippen LogP contribution in [0.2, 0.25) is 0 Å². The van der Waals surface area contributed by atoms with E-state index in [2.05, 4.69) is 16.0 Å². The Morgan fingerprint density at radius 2 is 1.93 bits per heavy atom. The number of nitrogens with zero attached hydrogens (tertiary/aromatic N) is 2. The van der Waals surface area contributed by atoms with Gasteiger partial charge in [0, 0.05) is 18.0 Å². The number of epoxide rings is 1. The minimum atomic E-state index is 0.218. The van der Waals surface area contributed by atoms with Gasteiger partial charge in [-0.3, -0.25) is 9.97 Å². The van der Waals surface area contributed by atoms with Gasteiger partial charge in [0.15, 0.2) is 0 Å². The van der Waals surface area contributed by atoms with Gasteiger partial charge in [0.05, 0.1) is 18.0 Å². The Balaban J connectivity index is 2.11. The first kappa shape index (κ1) is 8.56. The van der Waals surface area contributed by atoms with Gasteiger partial charge in [-0.05, 0) is 18.2 Å². The largest absolute Gasteiger partial charge is 0.368 e. The number of hydrogen-bond donors (Lipinski definition) is 0. The maximum Gasteiger partial charge on any atom is 0.108 e. The molecule has 0 aromatic carbocycles. The van der Waals surface area contributed by atoms with E-state index in [4.69, 9.17) is 4.74 Å². The van der Waals surface area contributed by atoms with E-state index < -0.39 is 0 Å². The Bertz CT molecular complexity index is 466. The first-order valence-electron chi connectivity index (χ1n) is 4.93. The number of rotatable bonds is 2. The van der Waals surface area contributed by atoms with Crippen LogP contribution in [0.15, 0.2) is 42.7 Å². The van der Waals surface area contributed by atoms with Gasteiger partial charge in [0.25, 0.3) is 0 Å². The lowest BCUT2D eigenvalue weighted by atomic mass is 10.1. The second-order valence-corrected chi connectivity index (χ2v) is 3.48. The fourth-order valence-electron chi connectivity index (χ4n) is 1.62. The van der Waals surface area contributed by atoms with Gasteiger partial charge in [0.2, 0.25) is 0 Å². The zero-order chi connectivity index (χ0) is 10.1. The van der Waals surface area contributed by atoms with Crippen LogP contribution in [0.25, 0.3) is 11.4 Å². The number of hydrogen-bond acceptors (Lipinski definition) is 3. The topological polar surface area (TPSA) is 38.3 Å². The molecular weight excluding hydrogens is 188 g/mol. The van der Waals surface area contributed by atoms with Crippen molar-refractivity contribution < 1.29 is 4.74 Å². The maximum atomic E-state index is 5.29. The molecular formula is C12H10N2O. The smallest absolute Gasteiger partial charge is 0.108 e. The van der Waals surface area contributed by atoms with Crippen LogP contribution in [-0.4, -0.2) is 16.6 Å². The van der Waals surface area contributed by atoms with Crippen molar-refractivity contribution in [2.45, 2.75) is 6.10 Å². The van der Waals surface area contributed by atoms with E-state index in [1.165, 1.54) is 0 Å². The normalized spacial score (nSPS) is 18.8. The van der Waals surface area contributed by atoms with Crippen molar-refractivity contribution in [2.75, 3.05) is 6.61 Å². The Morgan fingerprint density at radius 1 is 1.07 bits per heavy atom. The van der Waals surface area contributed by atoms with E-state index >= 15 is 0 Å². The average molecular weight is 198 g/mol. The fraction of sp³-hybridized carbons (Fsp3) is 0.167. The summed E-state index contributed by atoms with van der Waals surface area (Å²) in [6.45, 7) is 0.797. The van der Waals surface area contributed by atoms with Crippen molar-refractivity contribution in [3.05, 3.63) is 48.3 Å². The summed E-state index contributed by atoms with van der Waals surface area (Å²) in [4.78, 5) is 8.67. The minimum absolute atomic E-state index is 0.218. The first-order valence-corrected chi connectivity index (χ1v) is 4.93. The highest BCUT2D eigenvalue weighted by molar-refractivity contribution is 5.59. The average Bonchev–Trinajstić information content (AvgIpc) is 3.14. The molecule has 1 aliphatic rings. The van der Waals surface area contributed by atoms with Gasteiger partial charge in [0.1, 0.15) is 6.10 Å². The highest BCUT2D eigenvalue weighted by atomic mass is 16.6. The Kier molecular flexibility index (Phi) is 1.96. The molecule has 0 amide bonds. The summed E-state index contributed by atoms with van der Waals surface area (Å²) in [5.41, 5.74) is 2.97. The van der Waals surface area contributed by atoms with Gasteiger partial charge in [-0.2, -0.15) is 0 Å². The Labute approximate surface area is 87.8 Å². The lowest BCUT2D eigenvalue weighted by Gasteiger charge is -2.04. The maximum absolute atomic E-state index is 5.29. The molecule has 0 spiro atoms. The van der Waals surface area contributed by atoms with Crippen molar-refractivity contribution in [3.8, 4) is 11.4 Å². The molecule has 74 valence electrons. The lowest BCUT2D eigenvalue weighted by molar-refractivity contribution is 0.415. The van der Waals surface area contributed by atoms with Crippen LogP contribution in [0, 0.1) is 0 Å². The summed E-state index contributed by atoms with van der Waals surface area (Å²) >= 11 is 0. The van der Waals surface area contributed by atoms with E-state index in [1.807, 2.05) is 24.3 Å². The SMILES string of the molecule is c1ccc(-c2ncccc2C2CO2)nc1. The standard InChI is InChI=1S/C12H10N2O/c1-2-6-13-10(5-1)12-9(11-8-15-11)4-3-7-14-12/h1-7,11H,8H2. The molecule has 1 fully saturated rings. The second-order valence-electron chi connectivity index (χ2n) is 3.48. The predicted octanol–water partition coefficient (Wildman–Crippen LogP) is 2.21. The van der Waals surface area contributed by atoms with Crippen LogP contribution in [0.4, 0.5) is 0 Å². The Morgan fingerprint density at radius 3 is 2.67 bits per heavy atom. The van der Waals surface area contributed by atoms with Gasteiger partial charge in [-0.25, -0.2) is 0 Å². The molecule has 3 nitrogen and oxygen atoms in total. The summed E-state index contributed by atoms with van der Waals surface area (Å²) in [6.07, 6.45) is 3.79. The van der Waals surface area contributed by atoms with Crippen molar-refractivity contribution in [1.82, 2.24) is 9.97 Å². The van der Waals surface area contributed by atoms with Crippen molar-refractivity contribution in [3.63, 3.8) is 0 Å². The van der Waals surface area contributed by atoms with E-state index in [0.29, 0.717) is 0 Å². The van der Waals surface area contributed by atoms with Crippen LogP contribution in [0.3, 0.4) is 0 Å². The number of pyridine rings is 2. The predicted molar refractivity (Wildman–Crippen MR) is 56.2 cm³/mol. The molecule has 15 heavy (non-hydrogen) atoms. The van der Waals surface area contributed by atoms with Gasteiger partial charge < -0.3 is 4.74 Å². The van der Waals surface area contributed by atoms with E-state index in [1.54, 1.807) is 12.4 Å². The van der Waals surface area contributed by atoms with Crippen LogP contribution < -0.4 is 0 Å². The zero-order valence-electron chi connectivity index (χ0n) is 8.13. The molecule has 2 aromatic heterocycles. The molecule has 3 rings (SSSR count). The van der Waals surface area contributed by atoms with E-state index in [0.717, 1.165) is 23.6 Å². The second kappa shape index (κ2) is 3.44. The third kappa shape index (κ3) is 1.62. The van der Waals surface area contributed by atoms with Crippen LogP contribution in [0.5, 0.6) is 0 Å². The molecule has 0 saturated carbocycles. The first-order chi connectivity index (χ1) is 7.45. The van der Waals surface area contributed by atoms with E-state index in [9.17, 15) is 0 Å². The van der Waals surface area contributed by atoms with Gasteiger partial charge >= 0.3 is 0 Å². The molecule has 0 aliphatic carbocycles. The summed E-state index contributed by atoms with van der Waals surface area (Å²) < 4.78 is 5.29. The summed E-state index contributed by atoms with van der Waals surface area (Å²) in [5.74, 6) is 0. The minimum Gasteiger partial charge on any atom is -0.368 e. The van der Waals surface area contributed by atoms with Crippen molar-refractivity contribution >= 4 is 0 Å². The molecule has 0 radical (unpaired) electrons. The Hall–Kier alpha value is -1.74. The molecule has 1 unspecified atom stereocenters. The number of ether oxygens (including phenoxy) is 1. The van der Waals surface area contributed by atoms with Crippen LogP contribution >= 0.6 is 0 Å². The molecule has 3 heterocycles. The van der Waals surface area contributed by atoms with Crippen LogP contribution in [0.1, 0.15) is 11.7 Å². The third-order valence-corrected chi connectivity index (χ3v) is 2.43. The molecule has 3 heteroatoms. The van der Waals surface area contributed by atoms with E-state index in [-0.39, 0.29) is 6.10 Å². The molecule has 2 aromatic rings. The highest BCUT2D eigenvalue weighted by Gasteiger charge is 2.28. The third-order valence-electron chi connectivity index (χ3n) is 2.43. The molecule has 0 N–H and O–H groups in total. The molecule has 1 saturated heterocycles. The van der Waals surface area contributed by atoms with Crippen molar-refractivity contribution in [1.29, 1.82) is 0 Å². The summed E-state index contributed by atoms with van der Waals surface area (Å²) in [7, 11) is 0.